The molecule has 0 aliphatic carbocycles. The third-order valence-corrected chi connectivity index (χ3v) is 1.15. The van der Waals surface area contributed by atoms with Gasteiger partial charge in [-0.2, -0.15) is 5.06 Å². The summed E-state index contributed by atoms with van der Waals surface area (Å²) in [5.41, 5.74) is 1.17. The van der Waals surface area contributed by atoms with E-state index in [1.165, 1.54) is 14.2 Å². The van der Waals surface area contributed by atoms with E-state index in [4.69, 9.17) is 4.74 Å². The number of amides is 2. The number of ether oxygens (including phenoxy) is 1. The Balaban J connectivity index is 3.87. The second-order valence-corrected chi connectivity index (χ2v) is 3.65. The number of nitrogens with zero attached hydrogens (tertiary/aromatic N) is 1. The third kappa shape index (κ3) is 6.55. The van der Waals surface area contributed by atoms with Crippen LogP contribution in [-0.2, 0) is 14.4 Å². The molecule has 0 atom stereocenters. The van der Waals surface area contributed by atoms with E-state index in [2.05, 4.69) is 9.68 Å². The Hall–Kier alpha value is -1.50. The molecule has 7 heteroatoms. The van der Waals surface area contributed by atoms with Crippen LogP contribution in [0.2, 0.25) is 0 Å². The maximum atomic E-state index is 11.0. The van der Waals surface area contributed by atoms with Gasteiger partial charge in [0.25, 0.3) is 0 Å². The maximum absolute atomic E-state index is 11.0. The van der Waals surface area contributed by atoms with Gasteiger partial charge >= 0.3 is 12.2 Å². The molecule has 0 aromatic heterocycles. The summed E-state index contributed by atoms with van der Waals surface area (Å²) >= 11 is 0. The van der Waals surface area contributed by atoms with Crippen molar-refractivity contribution in [2.24, 2.45) is 0 Å². The summed E-state index contributed by atoms with van der Waals surface area (Å²) in [5, 5.41) is 0.803. The first-order valence-electron chi connectivity index (χ1n) is 4.24. The van der Waals surface area contributed by atoms with Gasteiger partial charge in [0.05, 0.1) is 7.11 Å². The van der Waals surface area contributed by atoms with E-state index in [0.29, 0.717) is 0 Å². The molecule has 1 N–H and O–H groups in total. The first kappa shape index (κ1) is 13.5. The van der Waals surface area contributed by atoms with Gasteiger partial charge in [0, 0.05) is 7.05 Å². The monoisotopic (exact) mass is 220 g/mol. The van der Waals surface area contributed by atoms with E-state index >= 15 is 0 Å². The van der Waals surface area contributed by atoms with Crippen molar-refractivity contribution < 1.29 is 24.0 Å². The average molecular weight is 220 g/mol. The molecule has 0 rings (SSSR count). The van der Waals surface area contributed by atoms with Crippen LogP contribution in [0, 0.1) is 0 Å². The summed E-state index contributed by atoms with van der Waals surface area (Å²) in [6.45, 7) is 5.07. The number of nitrogens with one attached hydrogen (secondary N) is 1. The van der Waals surface area contributed by atoms with Crippen molar-refractivity contribution in [3.05, 3.63) is 0 Å². The van der Waals surface area contributed by atoms with Crippen LogP contribution in [0.4, 0.5) is 9.59 Å². The van der Waals surface area contributed by atoms with Crippen LogP contribution in [0.3, 0.4) is 0 Å². The summed E-state index contributed by atoms with van der Waals surface area (Å²) in [7, 11) is 2.62. The Morgan fingerprint density at radius 2 is 1.80 bits per heavy atom. The van der Waals surface area contributed by atoms with Gasteiger partial charge in [0.15, 0.2) is 0 Å². The predicted octanol–water partition coefficient (Wildman–Crippen LogP) is 1.06. The highest BCUT2D eigenvalue weighted by Gasteiger charge is 2.18. The highest BCUT2D eigenvalue weighted by Crippen LogP contribution is 2.06. The molecule has 15 heavy (non-hydrogen) atoms. The van der Waals surface area contributed by atoms with E-state index in [1.54, 1.807) is 20.8 Å². The lowest BCUT2D eigenvalue weighted by atomic mass is 10.2. The highest BCUT2D eigenvalue weighted by atomic mass is 16.8. The van der Waals surface area contributed by atoms with Gasteiger partial charge < -0.3 is 9.57 Å². The van der Waals surface area contributed by atoms with E-state index in [-0.39, 0.29) is 0 Å². The summed E-state index contributed by atoms with van der Waals surface area (Å²) in [6, 6.07) is 0. The molecule has 2 amide bonds. The number of carbonyl (C=O) groups excluding carboxylic acids is 2. The Labute approximate surface area is 88.2 Å². The first-order chi connectivity index (χ1) is 6.76. The summed E-state index contributed by atoms with van der Waals surface area (Å²) in [6.07, 6.45) is -1.70. The van der Waals surface area contributed by atoms with E-state index < -0.39 is 17.8 Å². The van der Waals surface area contributed by atoms with Gasteiger partial charge in [-0.25, -0.2) is 9.59 Å². The van der Waals surface area contributed by atoms with Crippen LogP contribution in [0.5, 0.6) is 0 Å². The maximum Gasteiger partial charge on any atom is 0.458 e. The molecule has 0 heterocycles. The lowest BCUT2D eigenvalue weighted by Gasteiger charge is -2.19. The van der Waals surface area contributed by atoms with Crippen LogP contribution >= 0.6 is 0 Å². The molecule has 0 saturated carbocycles. The number of rotatable bonds is 1. The minimum Gasteiger partial charge on any atom is -0.442 e. The van der Waals surface area contributed by atoms with Gasteiger partial charge in [-0.15, -0.1) is 5.48 Å². The molecule has 0 unspecified atom stereocenters. The predicted molar refractivity (Wildman–Crippen MR) is 50.6 cm³/mol. The Morgan fingerprint density at radius 1 is 1.27 bits per heavy atom. The fraction of sp³-hybridized carbons (Fsp3) is 0.750. The smallest absolute Gasteiger partial charge is 0.442 e. The van der Waals surface area contributed by atoms with Crippen molar-refractivity contribution in [3.63, 3.8) is 0 Å². The van der Waals surface area contributed by atoms with Crippen molar-refractivity contribution in [2.45, 2.75) is 26.4 Å². The lowest BCUT2D eigenvalue weighted by Crippen LogP contribution is -2.37. The summed E-state index contributed by atoms with van der Waals surface area (Å²) in [4.78, 5) is 30.8. The third-order valence-electron chi connectivity index (χ3n) is 1.15. The molecular formula is C8H16N2O5. The molecule has 0 aromatic carbocycles. The normalized spacial score (nSPS) is 10.5. The zero-order chi connectivity index (χ0) is 12.1. The summed E-state index contributed by atoms with van der Waals surface area (Å²) < 4.78 is 4.81. The van der Waals surface area contributed by atoms with Gasteiger partial charge in [-0.05, 0) is 20.8 Å². The molecule has 0 fully saturated rings. The molecule has 0 aromatic rings. The first-order valence-corrected chi connectivity index (χ1v) is 4.24. The summed E-state index contributed by atoms with van der Waals surface area (Å²) in [5.74, 6) is 0. The minimum absolute atomic E-state index is 0.649. The molecule has 0 aliphatic rings. The van der Waals surface area contributed by atoms with E-state index in [0.717, 1.165) is 5.06 Å². The van der Waals surface area contributed by atoms with Crippen molar-refractivity contribution in [1.82, 2.24) is 10.5 Å². The largest absolute Gasteiger partial charge is 0.458 e. The quantitative estimate of drug-likeness (QED) is 0.668. The molecule has 88 valence electrons. The molecular weight excluding hydrogens is 204 g/mol. The Morgan fingerprint density at radius 3 is 2.20 bits per heavy atom. The molecule has 7 nitrogen and oxygen atoms in total. The van der Waals surface area contributed by atoms with Gasteiger partial charge in [0.2, 0.25) is 0 Å². The van der Waals surface area contributed by atoms with E-state index in [9.17, 15) is 9.59 Å². The fourth-order valence-corrected chi connectivity index (χ4v) is 0.523. The number of hydroxylamine groups is 3. The number of hydrogen-bond donors (Lipinski definition) is 1. The van der Waals surface area contributed by atoms with E-state index in [1.807, 2.05) is 5.48 Å². The SMILES string of the molecule is CON(C)C(=O)ONC(=O)OC(C)(C)C. The lowest BCUT2D eigenvalue weighted by molar-refractivity contribution is -0.100. The molecule has 0 bridgehead atoms. The Kier molecular flexibility index (Phi) is 4.86. The van der Waals surface area contributed by atoms with Crippen molar-refractivity contribution in [2.75, 3.05) is 14.2 Å². The van der Waals surface area contributed by atoms with Crippen molar-refractivity contribution in [3.8, 4) is 0 Å². The standard InChI is InChI=1S/C8H16N2O5/c1-8(2,3)14-6(11)9-15-7(12)10(4)13-5/h1-5H3,(H,9,11). The van der Waals surface area contributed by atoms with Crippen molar-refractivity contribution >= 4 is 12.2 Å². The van der Waals surface area contributed by atoms with Crippen LogP contribution in [0.25, 0.3) is 0 Å². The van der Waals surface area contributed by atoms with Gasteiger partial charge in [-0.3, -0.25) is 4.84 Å². The zero-order valence-electron chi connectivity index (χ0n) is 9.49. The Bertz CT molecular complexity index is 236. The molecule has 0 saturated heterocycles. The van der Waals surface area contributed by atoms with Gasteiger partial charge in [-0.1, -0.05) is 0 Å². The second kappa shape index (κ2) is 5.40. The number of carbonyl (C=O) groups is 2. The van der Waals surface area contributed by atoms with Crippen LogP contribution in [0.15, 0.2) is 0 Å². The highest BCUT2D eigenvalue weighted by molar-refractivity contribution is 5.71. The second-order valence-electron chi connectivity index (χ2n) is 3.65. The zero-order valence-corrected chi connectivity index (χ0v) is 9.49. The topological polar surface area (TPSA) is 77.1 Å². The van der Waals surface area contributed by atoms with Crippen molar-refractivity contribution in [1.29, 1.82) is 0 Å². The van der Waals surface area contributed by atoms with Gasteiger partial charge in [0.1, 0.15) is 5.60 Å². The van der Waals surface area contributed by atoms with Crippen LogP contribution in [0.1, 0.15) is 20.8 Å². The fourth-order valence-electron chi connectivity index (χ4n) is 0.523. The molecule has 0 spiro atoms. The molecule has 0 aliphatic heterocycles. The minimum atomic E-state index is -0.858. The van der Waals surface area contributed by atoms with Crippen LogP contribution in [-0.4, -0.2) is 37.0 Å². The average Bonchev–Trinajstić information content (AvgIpc) is 2.10. The number of hydrogen-bond acceptors (Lipinski definition) is 5. The molecule has 0 radical (unpaired) electrons. The van der Waals surface area contributed by atoms with Crippen LogP contribution < -0.4 is 5.48 Å².